The fourth-order valence-corrected chi connectivity index (χ4v) is 5.99. The lowest BCUT2D eigenvalue weighted by Gasteiger charge is -2.44. The van der Waals surface area contributed by atoms with E-state index in [1.807, 2.05) is 35.7 Å². The maximum Gasteiger partial charge on any atom is 0.263 e. The van der Waals surface area contributed by atoms with Gasteiger partial charge in [0.15, 0.2) is 0 Å². The first kappa shape index (κ1) is 18.6. The normalized spacial score (nSPS) is 21.9. The maximum absolute atomic E-state index is 13.2. The molecule has 5 nitrogen and oxygen atoms in total. The molecule has 5 rings (SSSR count). The molecule has 2 atom stereocenters. The standard InChI is InChI=1S/C23H25N3O2S/c27-20(26-12-6-10-17-9-4-5-11-19(17)26)13-25-15-24-22-21(23(25)28)18(14-29-22)16-7-2-1-3-8-16/h1-3,7-8,14-15,17,19H,4-6,9-13H2/t17-,19+/m1/s1. The predicted octanol–water partition coefficient (Wildman–Crippen LogP) is 4.31. The van der Waals surface area contributed by atoms with Gasteiger partial charge in [-0.3, -0.25) is 14.2 Å². The first-order valence-corrected chi connectivity index (χ1v) is 11.4. The lowest BCUT2D eigenvalue weighted by atomic mass is 9.78. The molecule has 6 heteroatoms. The van der Waals surface area contributed by atoms with Gasteiger partial charge < -0.3 is 4.90 Å². The van der Waals surface area contributed by atoms with Crippen LogP contribution in [0.4, 0.5) is 0 Å². The summed E-state index contributed by atoms with van der Waals surface area (Å²) >= 11 is 1.47. The molecule has 1 saturated heterocycles. The molecule has 3 aromatic rings. The molecule has 1 aromatic carbocycles. The number of rotatable bonds is 3. The number of piperidine rings is 1. The number of thiophene rings is 1. The molecule has 0 bridgehead atoms. The van der Waals surface area contributed by atoms with E-state index >= 15 is 0 Å². The summed E-state index contributed by atoms with van der Waals surface area (Å²) in [5.41, 5.74) is 1.78. The smallest absolute Gasteiger partial charge is 0.263 e. The molecule has 3 heterocycles. The molecule has 2 aromatic heterocycles. The highest BCUT2D eigenvalue weighted by Gasteiger charge is 2.35. The first-order valence-electron chi connectivity index (χ1n) is 10.5. The summed E-state index contributed by atoms with van der Waals surface area (Å²) in [5, 5.41) is 2.60. The van der Waals surface area contributed by atoms with Gasteiger partial charge in [-0.2, -0.15) is 0 Å². The third-order valence-electron chi connectivity index (χ3n) is 6.51. The molecule has 1 aliphatic heterocycles. The molecule has 1 amide bonds. The van der Waals surface area contributed by atoms with Gasteiger partial charge in [-0.15, -0.1) is 11.3 Å². The van der Waals surface area contributed by atoms with E-state index in [0.29, 0.717) is 17.3 Å². The van der Waals surface area contributed by atoms with Crippen LogP contribution < -0.4 is 5.56 Å². The predicted molar refractivity (Wildman–Crippen MR) is 116 cm³/mol. The SMILES string of the molecule is O=C(Cn1cnc2scc(-c3ccccc3)c2c1=O)N1CCC[C@H]2CCCC[C@@H]21. The van der Waals surface area contributed by atoms with Gasteiger partial charge in [-0.05, 0) is 37.2 Å². The van der Waals surface area contributed by atoms with Crippen molar-refractivity contribution < 1.29 is 4.79 Å². The van der Waals surface area contributed by atoms with Crippen molar-refractivity contribution in [3.05, 3.63) is 52.4 Å². The number of hydrogen-bond donors (Lipinski definition) is 0. The van der Waals surface area contributed by atoms with Crippen LogP contribution in [0.3, 0.4) is 0 Å². The van der Waals surface area contributed by atoms with Gasteiger partial charge in [-0.25, -0.2) is 4.98 Å². The number of carbonyl (C=O) groups excluding carboxylic acids is 1. The molecule has 2 aliphatic rings. The zero-order valence-corrected chi connectivity index (χ0v) is 17.2. The van der Waals surface area contributed by atoms with Crippen LogP contribution in [0, 0.1) is 5.92 Å². The number of fused-ring (bicyclic) bond motifs is 2. The van der Waals surface area contributed by atoms with Crippen molar-refractivity contribution in [2.45, 2.75) is 51.1 Å². The van der Waals surface area contributed by atoms with E-state index in [4.69, 9.17) is 0 Å². The fraction of sp³-hybridized carbons (Fsp3) is 0.435. The molecule has 2 fully saturated rings. The van der Waals surface area contributed by atoms with Crippen molar-refractivity contribution in [3.63, 3.8) is 0 Å². The maximum atomic E-state index is 13.2. The van der Waals surface area contributed by atoms with Crippen LogP contribution in [0.15, 0.2) is 46.8 Å². The number of benzene rings is 1. The molecular weight excluding hydrogens is 382 g/mol. The van der Waals surface area contributed by atoms with E-state index in [1.54, 1.807) is 0 Å². The Bertz CT molecular complexity index is 1090. The van der Waals surface area contributed by atoms with Gasteiger partial charge in [0.2, 0.25) is 5.91 Å². The van der Waals surface area contributed by atoms with Crippen molar-refractivity contribution in [2.24, 2.45) is 5.92 Å². The van der Waals surface area contributed by atoms with E-state index in [1.165, 1.54) is 47.9 Å². The Kier molecular flexibility index (Phi) is 4.96. The van der Waals surface area contributed by atoms with Crippen molar-refractivity contribution in [2.75, 3.05) is 6.54 Å². The van der Waals surface area contributed by atoms with E-state index < -0.39 is 0 Å². The third kappa shape index (κ3) is 3.39. The monoisotopic (exact) mass is 407 g/mol. The lowest BCUT2D eigenvalue weighted by molar-refractivity contribution is -0.138. The van der Waals surface area contributed by atoms with Crippen molar-refractivity contribution >= 4 is 27.5 Å². The second-order valence-corrected chi connectivity index (χ2v) is 9.07. The summed E-state index contributed by atoms with van der Waals surface area (Å²) in [6.07, 6.45) is 8.66. The molecule has 0 N–H and O–H groups in total. The van der Waals surface area contributed by atoms with Crippen LogP contribution in [0.25, 0.3) is 21.3 Å². The van der Waals surface area contributed by atoms with Crippen molar-refractivity contribution in [3.8, 4) is 11.1 Å². The summed E-state index contributed by atoms with van der Waals surface area (Å²) in [7, 11) is 0. The van der Waals surface area contributed by atoms with Crippen molar-refractivity contribution in [1.29, 1.82) is 0 Å². The minimum atomic E-state index is -0.124. The van der Waals surface area contributed by atoms with Gasteiger partial charge >= 0.3 is 0 Å². The Labute approximate surface area is 174 Å². The Hall–Kier alpha value is -2.47. The number of carbonyl (C=O) groups is 1. The van der Waals surface area contributed by atoms with E-state index in [9.17, 15) is 9.59 Å². The topological polar surface area (TPSA) is 55.2 Å². The summed E-state index contributed by atoms with van der Waals surface area (Å²) < 4.78 is 1.50. The van der Waals surface area contributed by atoms with Crippen LogP contribution in [0.5, 0.6) is 0 Å². The van der Waals surface area contributed by atoms with Gasteiger partial charge in [0.05, 0.1) is 11.7 Å². The Morgan fingerprint density at radius 1 is 1.10 bits per heavy atom. The summed E-state index contributed by atoms with van der Waals surface area (Å²) in [6, 6.07) is 10.3. The second-order valence-electron chi connectivity index (χ2n) is 8.21. The van der Waals surface area contributed by atoms with Gasteiger partial charge in [0.25, 0.3) is 5.56 Å². The highest BCUT2D eigenvalue weighted by Crippen LogP contribution is 2.35. The average molecular weight is 408 g/mol. The van der Waals surface area contributed by atoms with Crippen LogP contribution >= 0.6 is 11.3 Å². The molecule has 0 unspecified atom stereocenters. The van der Waals surface area contributed by atoms with E-state index in [2.05, 4.69) is 9.88 Å². The van der Waals surface area contributed by atoms with Crippen LogP contribution in [-0.2, 0) is 11.3 Å². The number of hydrogen-bond acceptors (Lipinski definition) is 4. The summed E-state index contributed by atoms with van der Waals surface area (Å²) in [4.78, 5) is 33.6. The van der Waals surface area contributed by atoms with Crippen LogP contribution in [0.1, 0.15) is 38.5 Å². The largest absolute Gasteiger partial charge is 0.338 e. The third-order valence-corrected chi connectivity index (χ3v) is 7.40. The number of aromatic nitrogens is 2. The highest BCUT2D eigenvalue weighted by atomic mass is 32.1. The lowest BCUT2D eigenvalue weighted by Crippen LogP contribution is -2.51. The molecular formula is C23H25N3O2S. The zero-order valence-electron chi connectivity index (χ0n) is 16.4. The summed E-state index contributed by atoms with van der Waals surface area (Å²) in [6.45, 7) is 0.896. The first-order chi connectivity index (χ1) is 14.2. The molecule has 29 heavy (non-hydrogen) atoms. The molecule has 0 radical (unpaired) electrons. The number of amides is 1. The highest BCUT2D eigenvalue weighted by molar-refractivity contribution is 7.17. The average Bonchev–Trinajstić information content (AvgIpc) is 3.21. The van der Waals surface area contributed by atoms with Gasteiger partial charge in [0, 0.05) is 23.5 Å². The molecule has 0 spiro atoms. The Balaban J connectivity index is 1.45. The minimum Gasteiger partial charge on any atom is -0.338 e. The number of nitrogens with zero attached hydrogens (tertiary/aromatic N) is 3. The summed E-state index contributed by atoms with van der Waals surface area (Å²) in [5.74, 6) is 0.696. The van der Waals surface area contributed by atoms with Crippen molar-refractivity contribution in [1.82, 2.24) is 14.5 Å². The van der Waals surface area contributed by atoms with Gasteiger partial charge in [-0.1, -0.05) is 43.2 Å². The molecule has 150 valence electrons. The van der Waals surface area contributed by atoms with E-state index in [0.717, 1.165) is 35.3 Å². The van der Waals surface area contributed by atoms with Gasteiger partial charge in [0.1, 0.15) is 11.4 Å². The Morgan fingerprint density at radius 3 is 2.76 bits per heavy atom. The zero-order chi connectivity index (χ0) is 19.8. The molecule has 1 aliphatic carbocycles. The van der Waals surface area contributed by atoms with E-state index in [-0.39, 0.29) is 18.0 Å². The quantitative estimate of drug-likeness (QED) is 0.650. The second kappa shape index (κ2) is 7.75. The molecule has 1 saturated carbocycles. The number of likely N-dealkylation sites (tertiary alicyclic amines) is 1. The van der Waals surface area contributed by atoms with Crippen LogP contribution in [-0.4, -0.2) is 32.9 Å². The fourth-order valence-electron chi connectivity index (χ4n) is 5.08. The van der Waals surface area contributed by atoms with Crippen LogP contribution in [0.2, 0.25) is 0 Å². The Morgan fingerprint density at radius 2 is 1.90 bits per heavy atom. The minimum absolute atomic E-state index is 0.0568.